The average Bonchev–Trinajstić information content (AvgIpc) is 2.31. The lowest BCUT2D eigenvalue weighted by atomic mass is 9.82. The zero-order chi connectivity index (χ0) is 14.5. The van der Waals surface area contributed by atoms with Gasteiger partial charge in [-0.2, -0.15) is 0 Å². The normalized spacial score (nSPS) is 11.6. The van der Waals surface area contributed by atoms with Crippen molar-refractivity contribution in [3.05, 3.63) is 33.8 Å². The summed E-state index contributed by atoms with van der Waals surface area (Å²) >= 11 is 3.51. The largest absolute Gasteiger partial charge is 0.481 e. The summed E-state index contributed by atoms with van der Waals surface area (Å²) in [6.07, 6.45) is 0.895. The average molecular weight is 328 g/mol. The molecule has 0 radical (unpaired) electrons. The van der Waals surface area contributed by atoms with Gasteiger partial charge < -0.3 is 10.4 Å². The van der Waals surface area contributed by atoms with Gasteiger partial charge >= 0.3 is 5.97 Å². The molecule has 0 fully saturated rings. The predicted octanol–water partition coefficient (Wildman–Crippen LogP) is 3.49. The molecule has 0 aliphatic rings. The Morgan fingerprint density at radius 3 is 2.74 bits per heavy atom. The number of aliphatic carboxylic acids is 1. The Hall–Kier alpha value is -0.870. The number of carbonyl (C=O) groups is 1. The van der Waals surface area contributed by atoms with Gasteiger partial charge in [0.2, 0.25) is 0 Å². The van der Waals surface area contributed by atoms with Crippen LogP contribution in [0.2, 0.25) is 0 Å². The minimum atomic E-state index is -0.733. The molecule has 0 saturated carbocycles. The van der Waals surface area contributed by atoms with Crippen molar-refractivity contribution in [2.24, 2.45) is 0 Å². The first-order valence-corrected chi connectivity index (χ1v) is 7.31. The summed E-state index contributed by atoms with van der Waals surface area (Å²) in [5.74, 6) is -0.733. The van der Waals surface area contributed by atoms with Crippen LogP contribution in [0.5, 0.6) is 0 Å². The first-order valence-electron chi connectivity index (χ1n) is 6.52. The highest BCUT2D eigenvalue weighted by Gasteiger charge is 2.22. The number of halogens is 1. The van der Waals surface area contributed by atoms with Crippen LogP contribution in [-0.2, 0) is 10.2 Å². The molecule has 1 aromatic carbocycles. The van der Waals surface area contributed by atoms with Gasteiger partial charge in [0.05, 0.1) is 0 Å². The summed E-state index contributed by atoms with van der Waals surface area (Å²) in [6.45, 7) is 8.10. The summed E-state index contributed by atoms with van der Waals surface area (Å²) in [7, 11) is 0. The molecule has 1 aromatic rings. The fourth-order valence-electron chi connectivity index (χ4n) is 2.18. The Balaban J connectivity index is 2.55. The van der Waals surface area contributed by atoms with Gasteiger partial charge in [0.25, 0.3) is 0 Å². The van der Waals surface area contributed by atoms with E-state index in [-0.39, 0.29) is 11.8 Å². The number of hydrogen-bond donors (Lipinski definition) is 2. The summed E-state index contributed by atoms with van der Waals surface area (Å²) in [5, 5.41) is 11.9. The first kappa shape index (κ1) is 16.2. The minimum absolute atomic E-state index is 0.0249. The van der Waals surface area contributed by atoms with Crippen molar-refractivity contribution >= 4 is 21.9 Å². The van der Waals surface area contributed by atoms with Crippen LogP contribution in [0, 0.1) is 6.92 Å². The molecule has 106 valence electrons. The van der Waals surface area contributed by atoms with Gasteiger partial charge in [0.1, 0.15) is 0 Å². The monoisotopic (exact) mass is 327 g/mol. The van der Waals surface area contributed by atoms with Crippen LogP contribution in [-0.4, -0.2) is 24.2 Å². The van der Waals surface area contributed by atoms with E-state index in [4.69, 9.17) is 5.11 Å². The molecular weight excluding hydrogens is 306 g/mol. The van der Waals surface area contributed by atoms with Crippen molar-refractivity contribution in [2.45, 2.75) is 39.0 Å². The zero-order valence-electron chi connectivity index (χ0n) is 11.8. The lowest BCUT2D eigenvalue weighted by molar-refractivity contribution is -0.137. The van der Waals surface area contributed by atoms with E-state index in [0.717, 1.165) is 17.6 Å². The molecule has 4 heteroatoms. The number of nitrogens with one attached hydrogen (secondary N) is 1. The highest BCUT2D eigenvalue weighted by molar-refractivity contribution is 9.10. The van der Waals surface area contributed by atoms with Crippen molar-refractivity contribution in [1.82, 2.24) is 5.32 Å². The van der Waals surface area contributed by atoms with Crippen LogP contribution in [0.1, 0.15) is 37.8 Å². The standard InChI is InChI=1S/C15H22BrNO2/c1-11-6-7-12(16)9-13(11)15(2,3)10-17-8-4-5-14(18)19/h6-7,9,17H,4-5,8,10H2,1-3H3,(H,18,19). The van der Waals surface area contributed by atoms with Crippen molar-refractivity contribution in [2.75, 3.05) is 13.1 Å². The quantitative estimate of drug-likeness (QED) is 0.753. The fourth-order valence-corrected chi connectivity index (χ4v) is 2.55. The van der Waals surface area contributed by atoms with Crippen molar-refractivity contribution in [3.8, 4) is 0 Å². The third kappa shape index (κ3) is 5.33. The molecule has 0 amide bonds. The third-order valence-corrected chi connectivity index (χ3v) is 3.73. The highest BCUT2D eigenvalue weighted by atomic mass is 79.9. The van der Waals surface area contributed by atoms with E-state index in [9.17, 15) is 4.79 Å². The maximum atomic E-state index is 10.4. The first-order chi connectivity index (χ1) is 8.83. The van der Waals surface area contributed by atoms with Crippen LogP contribution in [0.4, 0.5) is 0 Å². The van der Waals surface area contributed by atoms with E-state index in [0.29, 0.717) is 6.42 Å². The van der Waals surface area contributed by atoms with Gasteiger partial charge in [-0.3, -0.25) is 4.79 Å². The topological polar surface area (TPSA) is 49.3 Å². The van der Waals surface area contributed by atoms with Crippen LogP contribution >= 0.6 is 15.9 Å². The minimum Gasteiger partial charge on any atom is -0.481 e. The van der Waals surface area contributed by atoms with Crippen molar-refractivity contribution in [3.63, 3.8) is 0 Å². The summed E-state index contributed by atoms with van der Waals surface area (Å²) < 4.78 is 1.09. The Kier molecular flexibility index (Phi) is 6.01. The molecule has 0 unspecified atom stereocenters. The molecule has 1 rings (SSSR count). The van der Waals surface area contributed by atoms with Crippen molar-refractivity contribution < 1.29 is 9.90 Å². The molecule has 0 aliphatic carbocycles. The van der Waals surface area contributed by atoms with Gasteiger partial charge in [0, 0.05) is 22.9 Å². The highest BCUT2D eigenvalue weighted by Crippen LogP contribution is 2.28. The number of aryl methyl sites for hydroxylation is 1. The lowest BCUT2D eigenvalue weighted by Gasteiger charge is -2.28. The molecular formula is C15H22BrNO2. The van der Waals surface area contributed by atoms with Gasteiger partial charge in [-0.05, 0) is 43.1 Å². The second-order valence-corrected chi connectivity index (χ2v) is 6.43. The van der Waals surface area contributed by atoms with E-state index < -0.39 is 5.97 Å². The second kappa shape index (κ2) is 7.06. The van der Waals surface area contributed by atoms with E-state index in [1.165, 1.54) is 11.1 Å². The third-order valence-electron chi connectivity index (χ3n) is 3.24. The van der Waals surface area contributed by atoms with Gasteiger partial charge in [-0.1, -0.05) is 35.8 Å². The SMILES string of the molecule is Cc1ccc(Br)cc1C(C)(C)CNCCCC(=O)O. The molecule has 0 saturated heterocycles. The van der Waals surface area contributed by atoms with Gasteiger partial charge in [-0.25, -0.2) is 0 Å². The van der Waals surface area contributed by atoms with Crippen LogP contribution < -0.4 is 5.32 Å². The number of carboxylic acids is 1. The van der Waals surface area contributed by atoms with E-state index in [1.54, 1.807) is 0 Å². The molecule has 3 nitrogen and oxygen atoms in total. The van der Waals surface area contributed by atoms with Gasteiger partial charge in [0.15, 0.2) is 0 Å². The molecule has 0 aromatic heterocycles. The fraction of sp³-hybridized carbons (Fsp3) is 0.533. The van der Waals surface area contributed by atoms with Crippen LogP contribution in [0.3, 0.4) is 0 Å². The van der Waals surface area contributed by atoms with Crippen molar-refractivity contribution in [1.29, 1.82) is 0 Å². The van der Waals surface area contributed by atoms with E-state index in [1.807, 2.05) is 0 Å². The smallest absolute Gasteiger partial charge is 0.303 e. The number of rotatable bonds is 7. The molecule has 0 heterocycles. The van der Waals surface area contributed by atoms with E-state index in [2.05, 4.69) is 60.2 Å². The number of hydrogen-bond acceptors (Lipinski definition) is 2. The zero-order valence-corrected chi connectivity index (χ0v) is 13.4. The molecule has 0 bridgehead atoms. The Labute approximate surface area is 123 Å². The summed E-state index contributed by atoms with van der Waals surface area (Å²) in [5.41, 5.74) is 2.62. The Morgan fingerprint density at radius 1 is 1.42 bits per heavy atom. The summed E-state index contributed by atoms with van der Waals surface area (Å²) in [4.78, 5) is 10.4. The van der Waals surface area contributed by atoms with Crippen LogP contribution in [0.25, 0.3) is 0 Å². The molecule has 0 aliphatic heterocycles. The maximum absolute atomic E-state index is 10.4. The molecule has 19 heavy (non-hydrogen) atoms. The number of carboxylic acid groups (broad SMARTS) is 1. The van der Waals surface area contributed by atoms with Gasteiger partial charge in [-0.15, -0.1) is 0 Å². The molecule has 2 N–H and O–H groups in total. The Bertz CT molecular complexity index is 444. The second-order valence-electron chi connectivity index (χ2n) is 5.52. The predicted molar refractivity (Wildman–Crippen MR) is 81.6 cm³/mol. The lowest BCUT2D eigenvalue weighted by Crippen LogP contribution is -2.34. The molecule has 0 atom stereocenters. The van der Waals surface area contributed by atoms with E-state index >= 15 is 0 Å². The van der Waals surface area contributed by atoms with Crippen LogP contribution in [0.15, 0.2) is 22.7 Å². The molecule has 0 spiro atoms. The summed E-state index contributed by atoms with van der Waals surface area (Å²) in [6, 6.07) is 6.33. The maximum Gasteiger partial charge on any atom is 0.303 e. The number of benzene rings is 1. The Morgan fingerprint density at radius 2 is 2.11 bits per heavy atom.